The molecule has 2 rings (SSSR count). The fourth-order valence-electron chi connectivity index (χ4n) is 1.60. The van der Waals surface area contributed by atoms with Gasteiger partial charge in [0.1, 0.15) is 5.56 Å². The number of halogens is 2. The van der Waals surface area contributed by atoms with Crippen LogP contribution in [0.5, 0.6) is 0 Å². The standard InChI is InChI=1S/C13H7Cl2NO3/c14-9-3-1-8(2-4-9)13(17)11-6-5-10(15)7-12(11)16(18)19/h1-7H. The van der Waals surface area contributed by atoms with Crippen LogP contribution in [-0.4, -0.2) is 10.7 Å². The lowest BCUT2D eigenvalue weighted by atomic mass is 10.0. The molecule has 0 atom stereocenters. The van der Waals surface area contributed by atoms with Crippen LogP contribution in [0.3, 0.4) is 0 Å². The maximum absolute atomic E-state index is 12.2. The van der Waals surface area contributed by atoms with Crippen molar-refractivity contribution in [2.75, 3.05) is 0 Å². The molecule has 0 aliphatic heterocycles. The summed E-state index contributed by atoms with van der Waals surface area (Å²) >= 11 is 11.4. The Morgan fingerprint density at radius 1 is 1.00 bits per heavy atom. The van der Waals surface area contributed by atoms with Gasteiger partial charge in [0.05, 0.1) is 4.92 Å². The summed E-state index contributed by atoms with van der Waals surface area (Å²) in [6, 6.07) is 10.1. The Hall–Kier alpha value is -1.91. The quantitative estimate of drug-likeness (QED) is 0.486. The van der Waals surface area contributed by atoms with Gasteiger partial charge in [-0.3, -0.25) is 14.9 Å². The van der Waals surface area contributed by atoms with Crippen molar-refractivity contribution >= 4 is 34.7 Å². The van der Waals surface area contributed by atoms with Crippen LogP contribution in [0, 0.1) is 10.1 Å². The smallest absolute Gasteiger partial charge is 0.282 e. The minimum atomic E-state index is -0.630. The summed E-state index contributed by atoms with van der Waals surface area (Å²) in [5.41, 5.74) is 0.0130. The molecule has 0 aliphatic rings. The molecule has 2 aromatic carbocycles. The van der Waals surface area contributed by atoms with Crippen molar-refractivity contribution < 1.29 is 9.72 Å². The zero-order valence-corrected chi connectivity index (χ0v) is 11.0. The van der Waals surface area contributed by atoms with Crippen LogP contribution in [0.1, 0.15) is 15.9 Å². The highest BCUT2D eigenvalue weighted by Gasteiger charge is 2.21. The third-order valence-electron chi connectivity index (χ3n) is 2.51. The van der Waals surface area contributed by atoms with Gasteiger partial charge in [-0.05, 0) is 36.4 Å². The number of hydrogen-bond donors (Lipinski definition) is 0. The SMILES string of the molecule is O=C(c1ccc(Cl)cc1)c1ccc(Cl)cc1[N+](=O)[O-]. The molecule has 0 aliphatic carbocycles. The summed E-state index contributed by atoms with van der Waals surface area (Å²) in [7, 11) is 0. The van der Waals surface area contributed by atoms with Gasteiger partial charge in [-0.2, -0.15) is 0 Å². The van der Waals surface area contributed by atoms with Crippen LogP contribution in [0.2, 0.25) is 10.0 Å². The second kappa shape index (κ2) is 5.38. The first-order valence-corrected chi connectivity index (χ1v) is 5.99. The second-order valence-corrected chi connectivity index (χ2v) is 4.63. The van der Waals surface area contributed by atoms with E-state index >= 15 is 0 Å². The number of ketones is 1. The van der Waals surface area contributed by atoms with E-state index in [4.69, 9.17) is 23.2 Å². The van der Waals surface area contributed by atoms with Crippen molar-refractivity contribution in [3.05, 3.63) is 73.8 Å². The average molecular weight is 296 g/mol. The highest BCUT2D eigenvalue weighted by Crippen LogP contribution is 2.25. The Kier molecular flexibility index (Phi) is 3.83. The highest BCUT2D eigenvalue weighted by atomic mass is 35.5. The number of nitro benzene ring substituents is 1. The lowest BCUT2D eigenvalue weighted by molar-refractivity contribution is -0.385. The number of hydrogen-bond acceptors (Lipinski definition) is 3. The number of carbonyl (C=O) groups is 1. The average Bonchev–Trinajstić information content (AvgIpc) is 2.38. The third-order valence-corrected chi connectivity index (χ3v) is 2.99. The van der Waals surface area contributed by atoms with Crippen molar-refractivity contribution in [1.82, 2.24) is 0 Å². The first-order valence-electron chi connectivity index (χ1n) is 5.23. The van der Waals surface area contributed by atoms with E-state index < -0.39 is 10.7 Å². The maximum atomic E-state index is 12.2. The summed E-state index contributed by atoms with van der Waals surface area (Å²) in [6.07, 6.45) is 0. The van der Waals surface area contributed by atoms with Gasteiger partial charge < -0.3 is 0 Å². The van der Waals surface area contributed by atoms with E-state index in [9.17, 15) is 14.9 Å². The van der Waals surface area contributed by atoms with Gasteiger partial charge in [-0.1, -0.05) is 23.2 Å². The van der Waals surface area contributed by atoms with Crippen molar-refractivity contribution in [2.45, 2.75) is 0 Å². The predicted molar refractivity (Wildman–Crippen MR) is 73.0 cm³/mol. The second-order valence-electron chi connectivity index (χ2n) is 3.75. The lowest BCUT2D eigenvalue weighted by Crippen LogP contribution is -2.05. The van der Waals surface area contributed by atoms with Crippen LogP contribution < -0.4 is 0 Å². The molecule has 0 bridgehead atoms. The summed E-state index contributed by atoms with van der Waals surface area (Å²) in [4.78, 5) is 22.5. The van der Waals surface area contributed by atoms with E-state index in [1.165, 1.54) is 24.3 Å². The fourth-order valence-corrected chi connectivity index (χ4v) is 1.90. The molecule has 0 spiro atoms. The normalized spacial score (nSPS) is 10.2. The monoisotopic (exact) mass is 295 g/mol. The van der Waals surface area contributed by atoms with Gasteiger partial charge >= 0.3 is 0 Å². The van der Waals surface area contributed by atoms with Gasteiger partial charge in [0.2, 0.25) is 0 Å². The van der Waals surface area contributed by atoms with E-state index in [2.05, 4.69) is 0 Å². The van der Waals surface area contributed by atoms with E-state index in [1.54, 1.807) is 12.1 Å². The van der Waals surface area contributed by atoms with Gasteiger partial charge in [-0.15, -0.1) is 0 Å². The molecular formula is C13H7Cl2NO3. The van der Waals surface area contributed by atoms with Gasteiger partial charge in [0, 0.05) is 21.7 Å². The molecule has 4 nitrogen and oxygen atoms in total. The third kappa shape index (κ3) is 2.92. The number of rotatable bonds is 3. The van der Waals surface area contributed by atoms with Crippen LogP contribution in [0.25, 0.3) is 0 Å². The van der Waals surface area contributed by atoms with E-state index in [1.807, 2.05) is 0 Å². The molecule has 0 heterocycles. The largest absolute Gasteiger partial charge is 0.288 e. The van der Waals surface area contributed by atoms with E-state index in [0.29, 0.717) is 10.6 Å². The molecule has 0 N–H and O–H groups in total. The first-order chi connectivity index (χ1) is 8.99. The van der Waals surface area contributed by atoms with Crippen LogP contribution in [0.15, 0.2) is 42.5 Å². The molecule has 0 saturated heterocycles. The molecule has 0 aromatic heterocycles. The molecule has 0 fully saturated rings. The first kappa shape index (κ1) is 13.5. The van der Waals surface area contributed by atoms with Crippen molar-refractivity contribution in [3.8, 4) is 0 Å². The van der Waals surface area contributed by atoms with Gasteiger partial charge in [0.15, 0.2) is 5.78 Å². The Morgan fingerprint density at radius 3 is 2.16 bits per heavy atom. The van der Waals surface area contributed by atoms with Crippen molar-refractivity contribution in [1.29, 1.82) is 0 Å². The van der Waals surface area contributed by atoms with Crippen LogP contribution in [-0.2, 0) is 0 Å². The van der Waals surface area contributed by atoms with Crippen molar-refractivity contribution in [2.24, 2.45) is 0 Å². The number of carbonyl (C=O) groups excluding carboxylic acids is 1. The molecule has 0 saturated carbocycles. The van der Waals surface area contributed by atoms with E-state index in [0.717, 1.165) is 6.07 Å². The Labute approximate surface area is 118 Å². The number of nitrogens with zero attached hydrogens (tertiary/aromatic N) is 1. The Morgan fingerprint density at radius 2 is 1.58 bits per heavy atom. The van der Waals surface area contributed by atoms with Crippen molar-refractivity contribution in [3.63, 3.8) is 0 Å². The lowest BCUT2D eigenvalue weighted by Gasteiger charge is -2.03. The number of benzene rings is 2. The summed E-state index contributed by atoms with van der Waals surface area (Å²) in [6.45, 7) is 0. The summed E-state index contributed by atoms with van der Waals surface area (Å²) in [5, 5.41) is 11.6. The Balaban J connectivity index is 2.49. The molecule has 0 radical (unpaired) electrons. The van der Waals surface area contributed by atoms with Gasteiger partial charge in [-0.25, -0.2) is 0 Å². The zero-order chi connectivity index (χ0) is 14.0. The molecule has 6 heteroatoms. The van der Waals surface area contributed by atoms with Crippen LogP contribution in [0.4, 0.5) is 5.69 Å². The van der Waals surface area contributed by atoms with E-state index in [-0.39, 0.29) is 16.3 Å². The molecule has 0 amide bonds. The summed E-state index contributed by atoms with van der Waals surface area (Å²) < 4.78 is 0. The molecule has 19 heavy (non-hydrogen) atoms. The highest BCUT2D eigenvalue weighted by molar-refractivity contribution is 6.31. The topological polar surface area (TPSA) is 60.2 Å². The van der Waals surface area contributed by atoms with Crippen LogP contribution >= 0.6 is 23.2 Å². The minimum Gasteiger partial charge on any atom is -0.288 e. The fraction of sp³-hybridized carbons (Fsp3) is 0. The minimum absolute atomic E-state index is 0.00303. The summed E-state index contributed by atoms with van der Waals surface area (Å²) in [5.74, 6) is -0.444. The molecule has 96 valence electrons. The zero-order valence-electron chi connectivity index (χ0n) is 9.47. The molecular weight excluding hydrogens is 289 g/mol. The molecule has 2 aromatic rings. The predicted octanol–water partition coefficient (Wildman–Crippen LogP) is 4.13. The maximum Gasteiger partial charge on any atom is 0.282 e. The Bertz CT molecular complexity index is 653. The molecule has 0 unspecified atom stereocenters. The van der Waals surface area contributed by atoms with Gasteiger partial charge in [0.25, 0.3) is 5.69 Å². The number of nitro groups is 1.